The van der Waals surface area contributed by atoms with Crippen LogP contribution >= 0.6 is 15.9 Å². The molecule has 1 aromatic carbocycles. The van der Waals surface area contributed by atoms with Gasteiger partial charge in [0.25, 0.3) is 11.8 Å². The van der Waals surface area contributed by atoms with Gasteiger partial charge in [0.05, 0.1) is 6.42 Å². The van der Waals surface area contributed by atoms with E-state index in [-0.39, 0.29) is 10.9 Å². The molecule has 2 rings (SSSR count). The summed E-state index contributed by atoms with van der Waals surface area (Å²) in [7, 11) is 1.28. The number of nitrogens with zero attached hydrogens (tertiary/aromatic N) is 1. The lowest BCUT2D eigenvalue weighted by Gasteiger charge is -2.12. The minimum absolute atomic E-state index is 0.149. The van der Waals surface area contributed by atoms with E-state index >= 15 is 0 Å². The summed E-state index contributed by atoms with van der Waals surface area (Å²) in [6.45, 7) is 0. The Kier molecular flexibility index (Phi) is 3.85. The van der Waals surface area contributed by atoms with Crippen LogP contribution in [-0.4, -0.2) is 35.7 Å². The molecular weight excluding hydrogens is 338 g/mol. The molecule has 1 unspecified atom stereocenters. The summed E-state index contributed by atoms with van der Waals surface area (Å²) in [4.78, 5) is 35.6. The van der Waals surface area contributed by atoms with Gasteiger partial charge in [0.2, 0.25) is 5.91 Å². The van der Waals surface area contributed by atoms with Gasteiger partial charge in [0.1, 0.15) is 23.2 Å². The van der Waals surface area contributed by atoms with E-state index in [4.69, 9.17) is 0 Å². The second kappa shape index (κ2) is 5.28. The molecule has 1 aliphatic heterocycles. The van der Waals surface area contributed by atoms with Gasteiger partial charge in [-0.25, -0.2) is 8.78 Å². The number of halogens is 3. The van der Waals surface area contributed by atoms with Gasteiger partial charge in [-0.15, -0.1) is 0 Å². The highest BCUT2D eigenvalue weighted by atomic mass is 79.9. The molecule has 1 atom stereocenters. The van der Waals surface area contributed by atoms with E-state index in [1.165, 1.54) is 7.05 Å². The third-order valence-electron chi connectivity index (χ3n) is 2.92. The van der Waals surface area contributed by atoms with Crippen LogP contribution in [0.25, 0.3) is 0 Å². The van der Waals surface area contributed by atoms with Gasteiger partial charge in [0, 0.05) is 11.5 Å². The van der Waals surface area contributed by atoms with E-state index in [9.17, 15) is 23.2 Å². The van der Waals surface area contributed by atoms with E-state index in [2.05, 4.69) is 21.2 Å². The fraction of sp³-hybridized carbons (Fsp3) is 0.250. The fourth-order valence-corrected chi connectivity index (χ4v) is 2.26. The maximum absolute atomic E-state index is 13.6. The predicted molar refractivity (Wildman–Crippen MR) is 67.7 cm³/mol. The van der Waals surface area contributed by atoms with E-state index in [0.29, 0.717) is 0 Å². The van der Waals surface area contributed by atoms with E-state index in [1.54, 1.807) is 0 Å². The molecule has 0 aromatic heterocycles. The molecule has 1 heterocycles. The minimum Gasteiger partial charge on any atom is -0.340 e. The van der Waals surface area contributed by atoms with Crippen LogP contribution in [0, 0.1) is 11.6 Å². The Morgan fingerprint density at radius 3 is 2.35 bits per heavy atom. The number of likely N-dealkylation sites (N-methyl/N-ethyl adjacent to an activating group) is 1. The van der Waals surface area contributed by atoms with Crippen molar-refractivity contribution in [3.8, 4) is 0 Å². The summed E-state index contributed by atoms with van der Waals surface area (Å²) >= 11 is 2.89. The van der Waals surface area contributed by atoms with Gasteiger partial charge < -0.3 is 5.32 Å². The number of hydrogen-bond acceptors (Lipinski definition) is 3. The molecule has 8 heteroatoms. The molecule has 106 valence electrons. The zero-order chi connectivity index (χ0) is 15.0. The number of likely N-dealkylation sites (tertiary alicyclic amines) is 1. The van der Waals surface area contributed by atoms with Gasteiger partial charge in [-0.2, -0.15) is 0 Å². The van der Waals surface area contributed by atoms with Gasteiger partial charge in [-0.3, -0.25) is 19.3 Å². The third-order valence-corrected chi connectivity index (χ3v) is 3.38. The van der Waals surface area contributed by atoms with E-state index in [1.807, 2.05) is 0 Å². The summed E-state index contributed by atoms with van der Waals surface area (Å²) in [5.41, 5.74) is -0.789. The molecule has 0 radical (unpaired) electrons. The number of carbonyl (C=O) groups excluding carboxylic acids is 3. The molecule has 20 heavy (non-hydrogen) atoms. The van der Waals surface area contributed by atoms with Crippen LogP contribution in [0.2, 0.25) is 0 Å². The average molecular weight is 347 g/mol. The van der Waals surface area contributed by atoms with Crippen molar-refractivity contribution >= 4 is 33.7 Å². The van der Waals surface area contributed by atoms with Crippen LogP contribution in [0.5, 0.6) is 0 Å². The van der Waals surface area contributed by atoms with Crippen LogP contribution in [0.1, 0.15) is 16.8 Å². The highest BCUT2D eigenvalue weighted by Crippen LogP contribution is 2.20. The molecule has 1 aromatic rings. The molecule has 3 amide bonds. The lowest BCUT2D eigenvalue weighted by atomic mass is 10.1. The molecule has 0 aliphatic carbocycles. The number of rotatable bonds is 2. The van der Waals surface area contributed by atoms with Crippen molar-refractivity contribution in [2.75, 3.05) is 7.05 Å². The topological polar surface area (TPSA) is 66.5 Å². The first-order valence-electron chi connectivity index (χ1n) is 5.57. The molecule has 0 spiro atoms. The summed E-state index contributed by atoms with van der Waals surface area (Å²) in [6.07, 6.45) is -0.221. The quantitative estimate of drug-likeness (QED) is 0.818. The number of imide groups is 1. The van der Waals surface area contributed by atoms with Crippen molar-refractivity contribution in [3.05, 3.63) is 33.8 Å². The molecule has 1 saturated heterocycles. The van der Waals surface area contributed by atoms with Crippen LogP contribution in [0.15, 0.2) is 16.6 Å². The lowest BCUT2D eigenvalue weighted by molar-refractivity contribution is -0.137. The van der Waals surface area contributed by atoms with Crippen LogP contribution in [0.3, 0.4) is 0 Å². The SMILES string of the molecule is CN1C(=O)CC(NC(=O)c2c(F)cc(Br)cc2F)C1=O. The van der Waals surface area contributed by atoms with Crippen LogP contribution in [0.4, 0.5) is 8.78 Å². The van der Waals surface area contributed by atoms with E-state index < -0.39 is 41.0 Å². The standard InChI is InChI=1S/C12H9BrF2N2O3/c1-17-9(18)4-8(12(17)20)16-11(19)10-6(14)2-5(13)3-7(10)15/h2-3,8H,4H2,1H3,(H,16,19). The monoisotopic (exact) mass is 346 g/mol. The Morgan fingerprint density at radius 2 is 1.90 bits per heavy atom. The molecular formula is C12H9BrF2N2O3. The first kappa shape index (κ1) is 14.6. The van der Waals surface area contributed by atoms with Crippen molar-refractivity contribution in [2.24, 2.45) is 0 Å². The smallest absolute Gasteiger partial charge is 0.257 e. The lowest BCUT2D eigenvalue weighted by Crippen LogP contribution is -2.41. The Bertz CT molecular complexity index is 598. The average Bonchev–Trinajstić information content (AvgIpc) is 2.55. The highest BCUT2D eigenvalue weighted by Gasteiger charge is 2.37. The number of carbonyl (C=O) groups is 3. The van der Waals surface area contributed by atoms with Crippen molar-refractivity contribution in [1.82, 2.24) is 10.2 Å². The van der Waals surface area contributed by atoms with E-state index in [0.717, 1.165) is 17.0 Å². The largest absolute Gasteiger partial charge is 0.340 e. The Labute approximate surface area is 121 Å². The number of hydrogen-bond donors (Lipinski definition) is 1. The van der Waals surface area contributed by atoms with Gasteiger partial charge in [0.15, 0.2) is 0 Å². The van der Waals surface area contributed by atoms with Crippen molar-refractivity contribution < 1.29 is 23.2 Å². The molecule has 5 nitrogen and oxygen atoms in total. The first-order chi connectivity index (χ1) is 9.31. The fourth-order valence-electron chi connectivity index (χ4n) is 1.86. The molecule has 1 aliphatic rings. The second-order valence-corrected chi connectivity index (χ2v) is 5.18. The normalized spacial score (nSPS) is 18.6. The highest BCUT2D eigenvalue weighted by molar-refractivity contribution is 9.10. The minimum atomic E-state index is -1.09. The summed E-state index contributed by atoms with van der Waals surface area (Å²) in [6, 6.07) is 0.778. The van der Waals surface area contributed by atoms with Crippen LogP contribution < -0.4 is 5.32 Å². The molecule has 1 N–H and O–H groups in total. The Morgan fingerprint density at radius 1 is 1.35 bits per heavy atom. The maximum Gasteiger partial charge on any atom is 0.257 e. The van der Waals surface area contributed by atoms with Gasteiger partial charge in [-0.1, -0.05) is 15.9 Å². The van der Waals surface area contributed by atoms with Crippen molar-refractivity contribution in [1.29, 1.82) is 0 Å². The summed E-state index contributed by atoms with van der Waals surface area (Å²) < 4.78 is 27.3. The Hall–Kier alpha value is -1.83. The summed E-state index contributed by atoms with van der Waals surface area (Å²) in [5, 5.41) is 2.16. The van der Waals surface area contributed by atoms with Crippen molar-refractivity contribution in [3.63, 3.8) is 0 Å². The van der Waals surface area contributed by atoms with Crippen molar-refractivity contribution in [2.45, 2.75) is 12.5 Å². The maximum atomic E-state index is 13.6. The van der Waals surface area contributed by atoms with Gasteiger partial charge in [-0.05, 0) is 12.1 Å². The predicted octanol–water partition coefficient (Wildman–Crippen LogP) is 1.21. The molecule has 0 saturated carbocycles. The van der Waals surface area contributed by atoms with Gasteiger partial charge >= 0.3 is 0 Å². The number of amides is 3. The zero-order valence-electron chi connectivity index (χ0n) is 10.2. The zero-order valence-corrected chi connectivity index (χ0v) is 11.8. The number of nitrogens with one attached hydrogen (secondary N) is 1. The first-order valence-corrected chi connectivity index (χ1v) is 6.36. The second-order valence-electron chi connectivity index (χ2n) is 4.27. The summed E-state index contributed by atoms with van der Waals surface area (Å²) in [5.74, 6) is -4.26. The Balaban J connectivity index is 2.22. The molecule has 0 bridgehead atoms. The van der Waals surface area contributed by atoms with Crippen LogP contribution in [-0.2, 0) is 9.59 Å². The third kappa shape index (κ3) is 2.55. The number of benzene rings is 1. The molecule has 1 fully saturated rings.